The van der Waals surface area contributed by atoms with Gasteiger partial charge in [-0.15, -0.1) is 0 Å². The molecule has 0 atom stereocenters. The molecule has 0 aliphatic heterocycles. The third-order valence-electron chi connectivity index (χ3n) is 1.68. The average molecular weight is 258 g/mol. The van der Waals surface area contributed by atoms with Gasteiger partial charge in [-0.2, -0.15) is 0 Å². The largest absolute Gasteiger partial charge is 0.361 e. The quantitative estimate of drug-likeness (QED) is 0.753. The minimum Gasteiger partial charge on any atom is -0.361 e. The number of rotatable bonds is 5. The fourth-order valence-electron chi connectivity index (χ4n) is 0.892. The molecule has 0 N–H and O–H groups in total. The number of ether oxygens (including phenoxy) is 1. The van der Waals surface area contributed by atoms with Gasteiger partial charge in [-0.3, -0.25) is 4.57 Å². The Morgan fingerprint density at radius 1 is 1.36 bits per heavy atom. The van der Waals surface area contributed by atoms with Gasteiger partial charge < -0.3 is 4.74 Å². The molecular formula is C8H11Cl3N2O. The van der Waals surface area contributed by atoms with Crippen molar-refractivity contribution in [3.05, 3.63) is 15.6 Å². The maximum atomic E-state index is 5.83. The third-order valence-corrected chi connectivity index (χ3v) is 2.71. The highest BCUT2D eigenvalue weighted by Gasteiger charge is 2.11. The van der Waals surface area contributed by atoms with Crippen LogP contribution in [0, 0.1) is 0 Å². The van der Waals surface area contributed by atoms with Crippen molar-refractivity contribution in [2.45, 2.75) is 26.5 Å². The van der Waals surface area contributed by atoms with E-state index in [1.165, 1.54) is 4.57 Å². The number of hydrogen-bond acceptors (Lipinski definition) is 2. The van der Waals surface area contributed by atoms with E-state index in [1.807, 2.05) is 0 Å². The van der Waals surface area contributed by atoms with E-state index in [-0.39, 0.29) is 17.2 Å². The van der Waals surface area contributed by atoms with E-state index >= 15 is 0 Å². The second-order valence-electron chi connectivity index (χ2n) is 2.78. The van der Waals surface area contributed by atoms with Crippen LogP contribution in [-0.4, -0.2) is 16.2 Å². The Morgan fingerprint density at radius 2 is 2.07 bits per heavy atom. The standard InChI is InChI=1S/C8H11Cl3N2O/c1-2-3-4-14-5-13-7(10)6(9)12-8(13)11/h2-5H2,1H3. The first-order valence-electron chi connectivity index (χ1n) is 4.31. The van der Waals surface area contributed by atoms with Gasteiger partial charge in [-0.25, -0.2) is 4.98 Å². The minimum absolute atomic E-state index is 0.204. The van der Waals surface area contributed by atoms with Crippen molar-refractivity contribution in [2.75, 3.05) is 6.61 Å². The zero-order valence-corrected chi connectivity index (χ0v) is 10.0. The summed E-state index contributed by atoms with van der Waals surface area (Å²) in [5, 5.41) is 0.764. The normalized spacial score (nSPS) is 10.9. The molecule has 1 aromatic rings. The highest BCUT2D eigenvalue weighted by atomic mass is 35.5. The van der Waals surface area contributed by atoms with Crippen molar-refractivity contribution in [2.24, 2.45) is 0 Å². The summed E-state index contributed by atoms with van der Waals surface area (Å²) >= 11 is 17.3. The maximum absolute atomic E-state index is 5.83. The molecule has 6 heteroatoms. The summed E-state index contributed by atoms with van der Waals surface area (Å²) in [6.07, 6.45) is 2.10. The SMILES string of the molecule is CCCCOCn1c(Cl)nc(Cl)c1Cl. The molecule has 0 fully saturated rings. The Balaban J connectivity index is 2.49. The van der Waals surface area contributed by atoms with Crippen molar-refractivity contribution in [3.8, 4) is 0 Å². The monoisotopic (exact) mass is 256 g/mol. The van der Waals surface area contributed by atoms with Crippen molar-refractivity contribution >= 4 is 34.8 Å². The fourth-order valence-corrected chi connectivity index (χ4v) is 1.55. The van der Waals surface area contributed by atoms with E-state index < -0.39 is 0 Å². The molecule has 1 heterocycles. The zero-order valence-electron chi connectivity index (χ0n) is 7.76. The van der Waals surface area contributed by atoms with Crippen molar-refractivity contribution in [3.63, 3.8) is 0 Å². The second-order valence-corrected chi connectivity index (χ2v) is 3.84. The zero-order chi connectivity index (χ0) is 10.6. The molecule has 1 rings (SSSR count). The molecule has 0 aliphatic rings. The lowest BCUT2D eigenvalue weighted by Gasteiger charge is -2.05. The number of halogens is 3. The topological polar surface area (TPSA) is 27.1 Å². The molecule has 0 bridgehead atoms. The van der Waals surface area contributed by atoms with Gasteiger partial charge >= 0.3 is 0 Å². The summed E-state index contributed by atoms with van der Waals surface area (Å²) in [7, 11) is 0. The molecule has 0 amide bonds. The fraction of sp³-hybridized carbons (Fsp3) is 0.625. The van der Waals surface area contributed by atoms with Gasteiger partial charge in [0.05, 0.1) is 0 Å². The summed E-state index contributed by atoms with van der Waals surface area (Å²) < 4.78 is 6.85. The Hall–Kier alpha value is 0.0400. The van der Waals surface area contributed by atoms with E-state index in [0.29, 0.717) is 11.8 Å². The summed E-state index contributed by atoms with van der Waals surface area (Å²) in [5.41, 5.74) is 0. The van der Waals surface area contributed by atoms with Crippen molar-refractivity contribution in [1.29, 1.82) is 0 Å². The van der Waals surface area contributed by atoms with Gasteiger partial charge in [-0.1, -0.05) is 36.5 Å². The Kier molecular flexibility index (Phi) is 5.02. The number of hydrogen-bond donors (Lipinski definition) is 0. The Bertz CT molecular complexity index is 301. The van der Waals surface area contributed by atoms with Gasteiger partial charge in [-0.05, 0) is 18.0 Å². The predicted molar refractivity (Wildman–Crippen MR) is 58.1 cm³/mol. The van der Waals surface area contributed by atoms with Crippen LogP contribution in [-0.2, 0) is 11.5 Å². The molecule has 0 aromatic carbocycles. The predicted octanol–water partition coefficient (Wildman–Crippen LogP) is 3.62. The summed E-state index contributed by atoms with van der Waals surface area (Å²) in [4.78, 5) is 3.79. The van der Waals surface area contributed by atoms with Gasteiger partial charge in [0.25, 0.3) is 0 Å². The van der Waals surface area contributed by atoms with Gasteiger partial charge in [0.15, 0.2) is 10.3 Å². The first-order valence-corrected chi connectivity index (χ1v) is 5.45. The lowest BCUT2D eigenvalue weighted by Crippen LogP contribution is -2.03. The number of imidazole rings is 1. The highest BCUT2D eigenvalue weighted by Crippen LogP contribution is 2.25. The summed E-state index contributed by atoms with van der Waals surface area (Å²) in [6, 6.07) is 0. The second kappa shape index (κ2) is 5.81. The highest BCUT2D eigenvalue weighted by molar-refractivity contribution is 6.41. The minimum atomic E-state index is 0.204. The van der Waals surface area contributed by atoms with Crippen LogP contribution < -0.4 is 0 Å². The molecule has 0 spiro atoms. The van der Waals surface area contributed by atoms with Crippen LogP contribution in [0.3, 0.4) is 0 Å². The third kappa shape index (κ3) is 3.02. The van der Waals surface area contributed by atoms with Gasteiger partial charge in [0.2, 0.25) is 5.28 Å². The molecule has 1 aromatic heterocycles. The molecule has 80 valence electrons. The van der Waals surface area contributed by atoms with Gasteiger partial charge in [0, 0.05) is 6.61 Å². The summed E-state index contributed by atoms with van der Waals surface area (Å²) in [6.45, 7) is 3.06. The lowest BCUT2D eigenvalue weighted by molar-refractivity contribution is 0.0751. The van der Waals surface area contributed by atoms with Crippen molar-refractivity contribution in [1.82, 2.24) is 9.55 Å². The number of nitrogens with zero attached hydrogens (tertiary/aromatic N) is 2. The van der Waals surface area contributed by atoms with Crippen LogP contribution in [0.15, 0.2) is 0 Å². The van der Waals surface area contributed by atoms with Crippen molar-refractivity contribution < 1.29 is 4.74 Å². The lowest BCUT2D eigenvalue weighted by atomic mass is 10.4. The van der Waals surface area contributed by atoms with E-state index in [4.69, 9.17) is 39.5 Å². The van der Waals surface area contributed by atoms with Crippen LogP contribution >= 0.6 is 34.8 Å². The first-order chi connectivity index (χ1) is 6.66. The van der Waals surface area contributed by atoms with E-state index in [9.17, 15) is 0 Å². The Morgan fingerprint density at radius 3 is 2.57 bits per heavy atom. The van der Waals surface area contributed by atoms with E-state index in [1.54, 1.807) is 0 Å². The Labute approximate surface area is 97.9 Å². The molecule has 0 aliphatic carbocycles. The number of aromatic nitrogens is 2. The van der Waals surface area contributed by atoms with Crippen LogP contribution in [0.1, 0.15) is 19.8 Å². The van der Waals surface area contributed by atoms with Crippen LogP contribution in [0.5, 0.6) is 0 Å². The first kappa shape index (κ1) is 12.1. The van der Waals surface area contributed by atoms with Gasteiger partial charge in [0.1, 0.15) is 6.73 Å². The average Bonchev–Trinajstić information content (AvgIpc) is 2.38. The number of unbranched alkanes of at least 4 members (excludes halogenated alkanes) is 1. The molecule has 0 saturated heterocycles. The van der Waals surface area contributed by atoms with Crippen LogP contribution in [0.4, 0.5) is 0 Å². The molecule has 3 nitrogen and oxygen atoms in total. The molecule has 0 saturated carbocycles. The molecular weight excluding hydrogens is 246 g/mol. The van der Waals surface area contributed by atoms with E-state index in [0.717, 1.165) is 12.8 Å². The molecule has 0 radical (unpaired) electrons. The molecule has 14 heavy (non-hydrogen) atoms. The maximum Gasteiger partial charge on any atom is 0.207 e. The van der Waals surface area contributed by atoms with E-state index in [2.05, 4.69) is 11.9 Å². The smallest absolute Gasteiger partial charge is 0.207 e. The summed E-state index contributed by atoms with van der Waals surface area (Å²) in [5.74, 6) is 0. The van der Waals surface area contributed by atoms with Crippen LogP contribution in [0.2, 0.25) is 15.6 Å². The molecule has 0 unspecified atom stereocenters. The van der Waals surface area contributed by atoms with Crippen LogP contribution in [0.25, 0.3) is 0 Å².